The van der Waals surface area contributed by atoms with E-state index in [1.807, 2.05) is 45.0 Å². The largest absolute Gasteiger partial charge is 0.508 e. The van der Waals surface area contributed by atoms with Gasteiger partial charge in [-0.1, -0.05) is 12.1 Å². The molecule has 0 spiro atoms. The number of phenolic OH excluding ortho intramolecular Hbond substituents is 1. The fourth-order valence-electron chi connectivity index (χ4n) is 2.21. The van der Waals surface area contributed by atoms with Crippen LogP contribution in [-0.4, -0.2) is 26.6 Å². The maximum atomic E-state index is 9.31. The smallest absolute Gasteiger partial charge is 0.251 e. The third-order valence-electron chi connectivity index (χ3n) is 3.25. The molecular formula is C16H16N4O. The van der Waals surface area contributed by atoms with Crippen LogP contribution in [0.2, 0.25) is 0 Å². The molecule has 0 radical (unpaired) electrons. The highest BCUT2D eigenvalue weighted by molar-refractivity contribution is 6.13. The molecule has 21 heavy (non-hydrogen) atoms. The van der Waals surface area contributed by atoms with E-state index < -0.39 is 0 Å². The Morgan fingerprint density at radius 1 is 1.05 bits per heavy atom. The second-order valence-corrected chi connectivity index (χ2v) is 5.07. The SMILES string of the molecule is CC1=NC(n2nc(C)cc2C)=N/C1=C/c1ccc(O)cc1. The number of benzene rings is 1. The normalized spacial score (nSPS) is 16.2. The van der Waals surface area contributed by atoms with E-state index in [2.05, 4.69) is 15.1 Å². The Balaban J connectivity index is 1.97. The minimum Gasteiger partial charge on any atom is -0.508 e. The summed E-state index contributed by atoms with van der Waals surface area (Å²) in [6.07, 6.45) is 1.94. The molecule has 2 aromatic rings. The van der Waals surface area contributed by atoms with Gasteiger partial charge in [-0.25, -0.2) is 14.7 Å². The standard InChI is InChI=1S/C16H16N4O/c1-10-8-11(2)20(19-10)16-17-12(3)15(18-16)9-13-4-6-14(21)7-5-13/h4-9,21H,1-3H3/b15-9+. The molecule has 106 valence electrons. The third kappa shape index (κ3) is 2.63. The van der Waals surface area contributed by atoms with Gasteiger partial charge in [-0.2, -0.15) is 5.10 Å². The molecule has 3 rings (SSSR count). The zero-order chi connectivity index (χ0) is 15.0. The van der Waals surface area contributed by atoms with Crippen molar-refractivity contribution in [2.45, 2.75) is 20.8 Å². The van der Waals surface area contributed by atoms with Crippen molar-refractivity contribution in [2.24, 2.45) is 9.98 Å². The number of aromatic hydroxyl groups is 1. The lowest BCUT2D eigenvalue weighted by Crippen LogP contribution is -2.11. The number of aromatic nitrogens is 2. The molecule has 5 nitrogen and oxygen atoms in total. The second kappa shape index (κ2) is 5.01. The Kier molecular flexibility index (Phi) is 3.17. The number of aryl methyl sites for hydroxylation is 2. The average molecular weight is 280 g/mol. The van der Waals surface area contributed by atoms with Gasteiger partial charge >= 0.3 is 0 Å². The number of aliphatic imine (C=N–C) groups is 2. The van der Waals surface area contributed by atoms with E-state index in [0.717, 1.165) is 28.4 Å². The van der Waals surface area contributed by atoms with Crippen molar-refractivity contribution in [2.75, 3.05) is 0 Å². The highest BCUT2D eigenvalue weighted by Crippen LogP contribution is 2.18. The van der Waals surface area contributed by atoms with Crippen LogP contribution in [0.5, 0.6) is 5.75 Å². The molecule has 2 heterocycles. The third-order valence-corrected chi connectivity index (χ3v) is 3.25. The van der Waals surface area contributed by atoms with Gasteiger partial charge in [0, 0.05) is 5.69 Å². The topological polar surface area (TPSA) is 62.8 Å². The summed E-state index contributed by atoms with van der Waals surface area (Å²) in [5, 5.41) is 13.7. The molecule has 0 saturated carbocycles. The van der Waals surface area contributed by atoms with Crippen molar-refractivity contribution in [3.05, 3.63) is 53.0 Å². The minimum absolute atomic E-state index is 0.251. The van der Waals surface area contributed by atoms with Crippen LogP contribution in [0.25, 0.3) is 6.08 Å². The summed E-state index contributed by atoms with van der Waals surface area (Å²) in [4.78, 5) is 9.02. The first-order valence-electron chi connectivity index (χ1n) is 6.71. The van der Waals surface area contributed by atoms with Crippen LogP contribution in [0.15, 0.2) is 46.0 Å². The van der Waals surface area contributed by atoms with E-state index in [0.29, 0.717) is 5.96 Å². The van der Waals surface area contributed by atoms with Gasteiger partial charge in [0.1, 0.15) is 5.75 Å². The van der Waals surface area contributed by atoms with E-state index >= 15 is 0 Å². The molecule has 1 aliphatic heterocycles. The van der Waals surface area contributed by atoms with Crippen molar-refractivity contribution >= 4 is 17.7 Å². The highest BCUT2D eigenvalue weighted by atomic mass is 16.3. The molecule has 1 aromatic carbocycles. The molecule has 0 aliphatic carbocycles. The first-order chi connectivity index (χ1) is 10.0. The fourth-order valence-corrected chi connectivity index (χ4v) is 2.21. The van der Waals surface area contributed by atoms with Crippen molar-refractivity contribution in [1.82, 2.24) is 9.78 Å². The molecule has 0 amide bonds. The quantitative estimate of drug-likeness (QED) is 0.873. The summed E-state index contributed by atoms with van der Waals surface area (Å²) in [6.45, 7) is 5.85. The summed E-state index contributed by atoms with van der Waals surface area (Å²) in [7, 11) is 0. The van der Waals surface area contributed by atoms with Crippen LogP contribution in [0.4, 0.5) is 0 Å². The lowest BCUT2D eigenvalue weighted by atomic mass is 10.1. The number of rotatable bonds is 1. The average Bonchev–Trinajstić information content (AvgIpc) is 2.95. The van der Waals surface area contributed by atoms with Gasteiger partial charge in [0.25, 0.3) is 5.96 Å². The van der Waals surface area contributed by atoms with E-state index in [-0.39, 0.29) is 5.75 Å². The Labute approximate surface area is 123 Å². The summed E-state index contributed by atoms with van der Waals surface area (Å²) in [5.74, 6) is 0.837. The van der Waals surface area contributed by atoms with Gasteiger partial charge in [-0.15, -0.1) is 0 Å². The monoisotopic (exact) mass is 280 g/mol. The second-order valence-electron chi connectivity index (χ2n) is 5.07. The molecule has 0 atom stereocenters. The van der Waals surface area contributed by atoms with Crippen LogP contribution in [0.1, 0.15) is 23.9 Å². The maximum absolute atomic E-state index is 9.31. The predicted octanol–water partition coefficient (Wildman–Crippen LogP) is 2.93. The molecule has 1 aliphatic rings. The number of nitrogens with zero attached hydrogens (tertiary/aromatic N) is 4. The van der Waals surface area contributed by atoms with Crippen LogP contribution in [-0.2, 0) is 0 Å². The zero-order valence-electron chi connectivity index (χ0n) is 12.2. The highest BCUT2D eigenvalue weighted by Gasteiger charge is 2.16. The van der Waals surface area contributed by atoms with Gasteiger partial charge in [-0.3, -0.25) is 0 Å². The Morgan fingerprint density at radius 2 is 1.76 bits per heavy atom. The first-order valence-corrected chi connectivity index (χ1v) is 6.71. The lowest BCUT2D eigenvalue weighted by molar-refractivity contribution is 0.475. The van der Waals surface area contributed by atoms with Gasteiger partial charge in [0.15, 0.2) is 0 Å². The Bertz CT molecular complexity index is 779. The van der Waals surface area contributed by atoms with Gasteiger partial charge in [-0.05, 0) is 50.6 Å². The van der Waals surface area contributed by atoms with Crippen molar-refractivity contribution < 1.29 is 5.11 Å². The van der Waals surface area contributed by atoms with Crippen LogP contribution in [0, 0.1) is 13.8 Å². The van der Waals surface area contributed by atoms with E-state index in [1.54, 1.807) is 16.8 Å². The summed E-state index contributed by atoms with van der Waals surface area (Å²) in [5.41, 5.74) is 4.58. The minimum atomic E-state index is 0.251. The van der Waals surface area contributed by atoms with Crippen LogP contribution < -0.4 is 0 Å². The Morgan fingerprint density at radius 3 is 2.38 bits per heavy atom. The molecule has 0 bridgehead atoms. The van der Waals surface area contributed by atoms with Gasteiger partial charge in [0.2, 0.25) is 0 Å². The van der Waals surface area contributed by atoms with E-state index in [1.165, 1.54) is 0 Å². The fraction of sp³-hybridized carbons (Fsp3) is 0.188. The van der Waals surface area contributed by atoms with E-state index in [9.17, 15) is 5.11 Å². The molecule has 0 saturated heterocycles. The molecular weight excluding hydrogens is 264 g/mol. The summed E-state index contributed by atoms with van der Waals surface area (Å²) >= 11 is 0. The lowest BCUT2D eigenvalue weighted by Gasteiger charge is -1.98. The van der Waals surface area contributed by atoms with Crippen molar-refractivity contribution in [3.8, 4) is 5.75 Å². The first kappa shape index (κ1) is 13.3. The number of hydrogen-bond donors (Lipinski definition) is 1. The molecule has 1 N–H and O–H groups in total. The molecule has 5 heteroatoms. The molecule has 0 fully saturated rings. The molecule has 0 unspecified atom stereocenters. The van der Waals surface area contributed by atoms with Gasteiger partial charge < -0.3 is 5.11 Å². The Hall–Kier alpha value is -2.69. The van der Waals surface area contributed by atoms with E-state index in [4.69, 9.17) is 0 Å². The summed E-state index contributed by atoms with van der Waals surface area (Å²) < 4.78 is 1.75. The number of phenols is 1. The number of hydrogen-bond acceptors (Lipinski definition) is 4. The maximum Gasteiger partial charge on any atom is 0.251 e. The van der Waals surface area contributed by atoms with Crippen LogP contribution >= 0.6 is 0 Å². The summed E-state index contributed by atoms with van der Waals surface area (Å²) in [6, 6.07) is 8.98. The zero-order valence-corrected chi connectivity index (χ0v) is 12.2. The molecule has 1 aromatic heterocycles. The predicted molar refractivity (Wildman–Crippen MR) is 83.7 cm³/mol. The van der Waals surface area contributed by atoms with Gasteiger partial charge in [0.05, 0.1) is 17.1 Å². The number of allylic oxidation sites excluding steroid dienone is 1. The van der Waals surface area contributed by atoms with Crippen molar-refractivity contribution in [1.29, 1.82) is 0 Å². The van der Waals surface area contributed by atoms with Crippen LogP contribution in [0.3, 0.4) is 0 Å². The van der Waals surface area contributed by atoms with Crippen molar-refractivity contribution in [3.63, 3.8) is 0 Å².